The summed E-state index contributed by atoms with van der Waals surface area (Å²) in [6.07, 6.45) is 1.10. The summed E-state index contributed by atoms with van der Waals surface area (Å²) in [5, 5.41) is 0. The van der Waals surface area contributed by atoms with E-state index in [9.17, 15) is 4.79 Å². The van der Waals surface area contributed by atoms with Crippen molar-refractivity contribution in [2.24, 2.45) is 0 Å². The van der Waals surface area contributed by atoms with Gasteiger partial charge < -0.3 is 4.18 Å². The topological polar surface area (TPSA) is 44.8 Å². The maximum absolute atomic E-state index is 11.5. The van der Waals surface area contributed by atoms with Gasteiger partial charge in [-0.3, -0.25) is 8.37 Å². The van der Waals surface area contributed by atoms with Crippen molar-refractivity contribution < 1.29 is 17.3 Å². The van der Waals surface area contributed by atoms with E-state index in [4.69, 9.17) is 12.5 Å². The summed E-state index contributed by atoms with van der Waals surface area (Å²) in [4.78, 5) is 12.2. The predicted octanol–water partition coefficient (Wildman–Crippen LogP) is 3.40. The van der Waals surface area contributed by atoms with Crippen molar-refractivity contribution in [3.8, 4) is 0 Å². The molecule has 0 N–H and O–H groups in total. The van der Waals surface area contributed by atoms with Crippen molar-refractivity contribution in [3.05, 3.63) is 43.0 Å². The van der Waals surface area contributed by atoms with Crippen LogP contribution < -0.4 is 0 Å². The lowest BCUT2D eigenvalue weighted by molar-refractivity contribution is -0.129. The van der Waals surface area contributed by atoms with Gasteiger partial charge in [0.25, 0.3) is 0 Å². The molecule has 100 valence electrons. The number of carbonyl (C=O) groups is 1. The van der Waals surface area contributed by atoms with Crippen molar-refractivity contribution in [2.75, 3.05) is 13.2 Å². The van der Waals surface area contributed by atoms with E-state index in [2.05, 4.69) is 6.58 Å². The van der Waals surface area contributed by atoms with Gasteiger partial charge in [-0.15, -0.1) is 0 Å². The molecule has 1 aromatic rings. The van der Waals surface area contributed by atoms with Crippen LogP contribution in [0.15, 0.2) is 47.9 Å². The molecule has 0 heterocycles. The van der Waals surface area contributed by atoms with E-state index in [1.165, 1.54) is 0 Å². The van der Waals surface area contributed by atoms with Crippen LogP contribution in [0.3, 0.4) is 0 Å². The molecule has 0 aliphatic rings. The van der Waals surface area contributed by atoms with E-state index in [0.29, 0.717) is 18.1 Å². The van der Waals surface area contributed by atoms with Crippen LogP contribution in [-0.4, -0.2) is 19.2 Å². The zero-order valence-corrected chi connectivity index (χ0v) is 11.4. The smallest absolute Gasteiger partial charge is 0.344 e. The molecule has 0 fully saturated rings. The van der Waals surface area contributed by atoms with Gasteiger partial charge in [0.2, 0.25) is 0 Å². The second-order valence-electron chi connectivity index (χ2n) is 3.19. The molecule has 0 atom stereocenters. The van der Waals surface area contributed by atoms with E-state index in [1.54, 1.807) is 0 Å². The molecular formula is C13H18O4S. The Kier molecular flexibility index (Phi) is 5.91. The minimum absolute atomic E-state index is 0.384. The highest BCUT2D eigenvalue weighted by molar-refractivity contribution is 8.22. The number of hydrogen-bond donors (Lipinski definition) is 0. The quantitative estimate of drug-likeness (QED) is 0.712. The summed E-state index contributed by atoms with van der Waals surface area (Å²) in [7, 11) is -2.51. The number of benzene rings is 1. The van der Waals surface area contributed by atoms with Crippen LogP contribution in [0.25, 0.3) is 0 Å². The molecule has 0 spiro atoms. The first kappa shape index (κ1) is 14.8. The summed E-state index contributed by atoms with van der Waals surface area (Å²) in [6, 6.07) is 9.20. The number of rotatable bonds is 7. The van der Waals surface area contributed by atoms with Crippen LogP contribution in [0.4, 0.5) is 0 Å². The first-order chi connectivity index (χ1) is 8.68. The fourth-order valence-electron chi connectivity index (χ4n) is 1.31. The van der Waals surface area contributed by atoms with Gasteiger partial charge in [-0.1, -0.05) is 24.8 Å². The van der Waals surface area contributed by atoms with Crippen molar-refractivity contribution in [2.45, 2.75) is 18.7 Å². The Bertz CT molecular complexity index is 385. The third-order valence-electron chi connectivity index (χ3n) is 1.94. The van der Waals surface area contributed by atoms with Gasteiger partial charge in [-0.2, -0.15) is 0 Å². The lowest BCUT2D eigenvalue weighted by Crippen LogP contribution is -2.16. The highest BCUT2D eigenvalue weighted by Gasteiger charge is 2.32. The second-order valence-corrected chi connectivity index (χ2v) is 5.20. The SMILES string of the molecule is C=CC(=O)OS(OCC)(OCC)c1ccccc1. The molecule has 0 amide bonds. The molecule has 1 rings (SSSR count). The summed E-state index contributed by atoms with van der Waals surface area (Å²) >= 11 is 0. The average Bonchev–Trinajstić information content (AvgIpc) is 2.40. The van der Waals surface area contributed by atoms with Gasteiger partial charge in [0.1, 0.15) is 0 Å². The summed E-state index contributed by atoms with van der Waals surface area (Å²) < 4.78 is 16.5. The molecule has 0 saturated heterocycles. The molecule has 0 aromatic heterocycles. The third kappa shape index (κ3) is 3.60. The van der Waals surface area contributed by atoms with E-state index in [1.807, 2.05) is 44.2 Å². The Morgan fingerprint density at radius 3 is 2.22 bits per heavy atom. The molecule has 0 radical (unpaired) electrons. The molecule has 0 aliphatic heterocycles. The predicted molar refractivity (Wildman–Crippen MR) is 71.8 cm³/mol. The van der Waals surface area contributed by atoms with E-state index >= 15 is 0 Å². The monoisotopic (exact) mass is 270 g/mol. The molecule has 5 heteroatoms. The summed E-state index contributed by atoms with van der Waals surface area (Å²) in [6.45, 7) is 7.80. The Labute approximate surface area is 109 Å². The average molecular weight is 270 g/mol. The van der Waals surface area contributed by atoms with E-state index in [0.717, 1.165) is 6.08 Å². The zero-order valence-electron chi connectivity index (χ0n) is 10.6. The lowest BCUT2D eigenvalue weighted by atomic mass is 10.4. The molecule has 1 aromatic carbocycles. The normalized spacial score (nSPS) is 11.9. The largest absolute Gasteiger partial charge is 0.359 e. The van der Waals surface area contributed by atoms with E-state index in [-0.39, 0.29) is 0 Å². The molecule has 4 nitrogen and oxygen atoms in total. The minimum Gasteiger partial charge on any atom is -0.359 e. The van der Waals surface area contributed by atoms with Crippen molar-refractivity contribution in [1.29, 1.82) is 0 Å². The highest BCUT2D eigenvalue weighted by Crippen LogP contribution is 2.58. The fraction of sp³-hybridized carbons (Fsp3) is 0.308. The lowest BCUT2D eigenvalue weighted by Gasteiger charge is -2.35. The first-order valence-corrected chi connectivity index (χ1v) is 7.12. The van der Waals surface area contributed by atoms with Gasteiger partial charge in [0.05, 0.1) is 18.1 Å². The van der Waals surface area contributed by atoms with Crippen LogP contribution >= 0.6 is 10.9 Å². The number of carbonyl (C=O) groups excluding carboxylic acids is 1. The molecule has 0 aliphatic carbocycles. The van der Waals surface area contributed by atoms with Crippen LogP contribution in [0.1, 0.15) is 13.8 Å². The molecular weight excluding hydrogens is 252 g/mol. The Hall–Kier alpha value is -1.30. The maximum Gasteiger partial charge on any atom is 0.344 e. The zero-order chi connectivity index (χ0) is 13.4. The highest BCUT2D eigenvalue weighted by atomic mass is 32.3. The van der Waals surface area contributed by atoms with Gasteiger partial charge >= 0.3 is 5.97 Å². The van der Waals surface area contributed by atoms with Crippen LogP contribution in [0, 0.1) is 0 Å². The minimum atomic E-state index is -2.51. The van der Waals surface area contributed by atoms with Gasteiger partial charge in [-0.25, -0.2) is 4.79 Å². The Balaban J connectivity index is 3.11. The van der Waals surface area contributed by atoms with Crippen molar-refractivity contribution in [1.82, 2.24) is 0 Å². The second kappa shape index (κ2) is 7.20. The van der Waals surface area contributed by atoms with Gasteiger partial charge in [-0.05, 0) is 26.0 Å². The fourth-order valence-corrected chi connectivity index (χ4v) is 3.23. The van der Waals surface area contributed by atoms with Gasteiger partial charge in [0.15, 0.2) is 10.9 Å². The van der Waals surface area contributed by atoms with Crippen LogP contribution in [0.5, 0.6) is 0 Å². The molecule has 0 bridgehead atoms. The summed E-state index contributed by atoms with van der Waals surface area (Å²) in [5.41, 5.74) is 0. The Morgan fingerprint density at radius 1 is 1.22 bits per heavy atom. The van der Waals surface area contributed by atoms with Gasteiger partial charge in [0, 0.05) is 6.08 Å². The van der Waals surface area contributed by atoms with Crippen molar-refractivity contribution >= 4 is 16.8 Å². The van der Waals surface area contributed by atoms with E-state index < -0.39 is 16.8 Å². The van der Waals surface area contributed by atoms with Crippen LogP contribution in [0.2, 0.25) is 0 Å². The number of hydrogen-bond acceptors (Lipinski definition) is 4. The Morgan fingerprint density at radius 2 is 1.78 bits per heavy atom. The standard InChI is InChI=1S/C13H18O4S/c1-4-13(14)17-18(15-5-2,16-6-3)12-10-8-7-9-11-12/h4,7-11H,1,5-6H2,2-3H3. The first-order valence-electron chi connectivity index (χ1n) is 5.71. The third-order valence-corrected chi connectivity index (χ3v) is 4.26. The maximum atomic E-state index is 11.5. The molecule has 0 unspecified atom stereocenters. The molecule has 0 saturated carbocycles. The van der Waals surface area contributed by atoms with Crippen molar-refractivity contribution in [3.63, 3.8) is 0 Å². The molecule has 18 heavy (non-hydrogen) atoms. The van der Waals surface area contributed by atoms with Crippen LogP contribution in [-0.2, 0) is 17.3 Å². The summed E-state index contributed by atoms with van der Waals surface area (Å²) in [5.74, 6) is -0.559.